The van der Waals surface area contributed by atoms with Crippen molar-refractivity contribution >= 4 is 17.4 Å². The lowest BCUT2D eigenvalue weighted by atomic mass is 9.94. The van der Waals surface area contributed by atoms with Gasteiger partial charge in [0, 0.05) is 12.1 Å². The fraction of sp³-hybridized carbons (Fsp3) is 0.267. The molecule has 5 heteroatoms. The van der Waals surface area contributed by atoms with Crippen LogP contribution in [-0.2, 0) is 22.4 Å². The molecule has 1 amide bonds. The van der Waals surface area contributed by atoms with Gasteiger partial charge in [0.15, 0.2) is 0 Å². The van der Waals surface area contributed by atoms with Gasteiger partial charge in [0.1, 0.15) is 11.5 Å². The minimum atomic E-state index is -0.667. The van der Waals surface area contributed by atoms with E-state index in [0.717, 1.165) is 29.5 Å². The second-order valence-corrected chi connectivity index (χ2v) is 8.70. The van der Waals surface area contributed by atoms with E-state index in [1.165, 1.54) is 0 Å². The van der Waals surface area contributed by atoms with Crippen LogP contribution < -0.4 is 4.74 Å². The molecular formula is C30H31NO4. The summed E-state index contributed by atoms with van der Waals surface area (Å²) in [5.74, 6) is -0.833. The van der Waals surface area contributed by atoms with E-state index in [1.807, 2.05) is 67.6 Å². The molecule has 3 aromatic carbocycles. The van der Waals surface area contributed by atoms with E-state index in [9.17, 15) is 14.7 Å². The molecular weight excluding hydrogens is 438 g/mol. The maximum Gasteiger partial charge on any atom is 0.295 e. The van der Waals surface area contributed by atoms with Crippen LogP contribution >= 0.6 is 0 Å². The molecule has 1 aliphatic heterocycles. The number of hydrogen-bond donors (Lipinski definition) is 1. The van der Waals surface area contributed by atoms with Crippen LogP contribution in [0.4, 0.5) is 0 Å². The van der Waals surface area contributed by atoms with Gasteiger partial charge in [-0.05, 0) is 48.1 Å². The summed E-state index contributed by atoms with van der Waals surface area (Å²) in [5, 5.41) is 11.3. The van der Waals surface area contributed by atoms with Crippen LogP contribution in [0, 0.1) is 0 Å². The van der Waals surface area contributed by atoms with Gasteiger partial charge in [-0.15, -0.1) is 0 Å². The Morgan fingerprint density at radius 1 is 0.914 bits per heavy atom. The Bertz CT molecular complexity index is 1210. The fourth-order valence-electron chi connectivity index (χ4n) is 4.40. The Morgan fingerprint density at radius 2 is 1.66 bits per heavy atom. The Hall–Kier alpha value is -3.86. The molecule has 1 atom stereocenters. The van der Waals surface area contributed by atoms with Crippen LogP contribution in [0.1, 0.15) is 48.6 Å². The topological polar surface area (TPSA) is 66.8 Å². The quantitative estimate of drug-likeness (QED) is 0.248. The van der Waals surface area contributed by atoms with Crippen molar-refractivity contribution in [3.63, 3.8) is 0 Å². The lowest BCUT2D eigenvalue weighted by Crippen LogP contribution is -2.31. The molecule has 0 radical (unpaired) electrons. The molecule has 0 spiro atoms. The van der Waals surface area contributed by atoms with Crippen molar-refractivity contribution in [1.82, 2.24) is 4.90 Å². The van der Waals surface area contributed by atoms with Gasteiger partial charge >= 0.3 is 0 Å². The van der Waals surface area contributed by atoms with Crippen LogP contribution in [0.2, 0.25) is 0 Å². The summed E-state index contributed by atoms with van der Waals surface area (Å²) in [5.41, 5.74) is 3.61. The molecule has 1 aliphatic rings. The van der Waals surface area contributed by atoms with Gasteiger partial charge in [-0.3, -0.25) is 9.59 Å². The van der Waals surface area contributed by atoms with Crippen molar-refractivity contribution in [2.75, 3.05) is 13.2 Å². The second kappa shape index (κ2) is 11.0. The van der Waals surface area contributed by atoms with Crippen LogP contribution in [0.15, 0.2) is 84.4 Å². The average molecular weight is 470 g/mol. The minimum absolute atomic E-state index is 0.111. The van der Waals surface area contributed by atoms with Crippen molar-refractivity contribution in [3.05, 3.63) is 107 Å². The highest BCUT2D eigenvalue weighted by Crippen LogP contribution is 2.40. The number of amides is 1. The van der Waals surface area contributed by atoms with Crippen molar-refractivity contribution in [1.29, 1.82) is 0 Å². The highest BCUT2D eigenvalue weighted by Gasteiger charge is 2.45. The van der Waals surface area contributed by atoms with Gasteiger partial charge in [-0.1, -0.05) is 80.6 Å². The molecule has 5 nitrogen and oxygen atoms in total. The monoisotopic (exact) mass is 469 g/mol. The van der Waals surface area contributed by atoms with Crippen LogP contribution in [0.3, 0.4) is 0 Å². The number of carbonyl (C=O) groups is 2. The third-order valence-electron chi connectivity index (χ3n) is 6.31. The number of likely N-dealkylation sites (tertiary alicyclic amines) is 1. The van der Waals surface area contributed by atoms with Crippen LogP contribution in [0.5, 0.6) is 5.75 Å². The zero-order chi connectivity index (χ0) is 24.8. The minimum Gasteiger partial charge on any atom is -0.507 e. The Kier molecular flexibility index (Phi) is 7.66. The molecule has 0 saturated carbocycles. The summed E-state index contributed by atoms with van der Waals surface area (Å²) in [4.78, 5) is 28.0. The second-order valence-electron chi connectivity index (χ2n) is 8.70. The van der Waals surface area contributed by atoms with E-state index in [-0.39, 0.29) is 11.3 Å². The highest BCUT2D eigenvalue weighted by atomic mass is 16.5. The highest BCUT2D eigenvalue weighted by molar-refractivity contribution is 6.46. The molecule has 1 saturated heterocycles. The molecule has 1 unspecified atom stereocenters. The van der Waals surface area contributed by atoms with E-state index in [0.29, 0.717) is 30.9 Å². The summed E-state index contributed by atoms with van der Waals surface area (Å²) in [6.45, 7) is 5.02. The molecule has 0 bridgehead atoms. The Labute approximate surface area is 206 Å². The number of aliphatic hydroxyl groups is 1. The average Bonchev–Trinajstić information content (AvgIpc) is 3.16. The molecule has 4 rings (SSSR count). The van der Waals surface area contributed by atoms with Gasteiger partial charge in [0.2, 0.25) is 0 Å². The summed E-state index contributed by atoms with van der Waals surface area (Å²) < 4.78 is 5.71. The summed E-state index contributed by atoms with van der Waals surface area (Å²) >= 11 is 0. The number of benzene rings is 3. The zero-order valence-corrected chi connectivity index (χ0v) is 20.2. The van der Waals surface area contributed by atoms with E-state index in [1.54, 1.807) is 23.1 Å². The van der Waals surface area contributed by atoms with Crippen LogP contribution in [-0.4, -0.2) is 34.8 Å². The first-order valence-electron chi connectivity index (χ1n) is 12.2. The number of nitrogens with zero attached hydrogens (tertiary/aromatic N) is 1. The zero-order valence-electron chi connectivity index (χ0n) is 20.2. The normalized spacial score (nSPS) is 17.1. The maximum atomic E-state index is 13.3. The molecule has 1 N–H and O–H groups in total. The molecule has 35 heavy (non-hydrogen) atoms. The summed E-state index contributed by atoms with van der Waals surface area (Å²) in [6, 6.07) is 24.1. The van der Waals surface area contributed by atoms with Crippen molar-refractivity contribution < 1.29 is 19.4 Å². The van der Waals surface area contributed by atoms with Crippen molar-refractivity contribution in [2.45, 2.75) is 39.2 Å². The van der Waals surface area contributed by atoms with E-state index < -0.39 is 17.7 Å². The number of ketones is 1. The summed E-state index contributed by atoms with van der Waals surface area (Å²) in [6.07, 6.45) is 2.35. The SMILES string of the molecule is CCCOc1cccc(C(O)=C2C(=O)C(=O)N(CCc3ccccc3)C2c2ccc(CC)cc2)c1. The van der Waals surface area contributed by atoms with E-state index >= 15 is 0 Å². The van der Waals surface area contributed by atoms with Gasteiger partial charge < -0.3 is 14.7 Å². The Morgan fingerprint density at radius 3 is 2.34 bits per heavy atom. The molecule has 1 heterocycles. The fourth-order valence-corrected chi connectivity index (χ4v) is 4.40. The maximum absolute atomic E-state index is 13.3. The largest absolute Gasteiger partial charge is 0.507 e. The van der Waals surface area contributed by atoms with Crippen molar-refractivity contribution in [3.8, 4) is 5.75 Å². The molecule has 180 valence electrons. The third-order valence-corrected chi connectivity index (χ3v) is 6.31. The molecule has 0 aliphatic carbocycles. The van der Waals surface area contributed by atoms with Gasteiger partial charge in [0.05, 0.1) is 18.2 Å². The lowest BCUT2D eigenvalue weighted by molar-refractivity contribution is -0.139. The number of carbonyl (C=O) groups excluding carboxylic acids is 2. The smallest absolute Gasteiger partial charge is 0.295 e. The number of aryl methyl sites for hydroxylation is 1. The molecule has 1 fully saturated rings. The predicted molar refractivity (Wildman–Crippen MR) is 137 cm³/mol. The number of aliphatic hydroxyl groups excluding tert-OH is 1. The number of ether oxygens (including phenoxy) is 1. The molecule has 3 aromatic rings. The standard InChI is InChI=1S/C30H31NO4/c1-3-19-35-25-12-8-11-24(20-25)28(32)26-27(23-15-13-21(4-2)14-16-23)31(30(34)29(26)33)18-17-22-9-6-5-7-10-22/h5-16,20,27,32H,3-4,17-19H2,1-2H3. The molecule has 0 aromatic heterocycles. The first kappa shape index (κ1) is 24.3. The van der Waals surface area contributed by atoms with Crippen molar-refractivity contribution in [2.24, 2.45) is 0 Å². The Balaban J connectivity index is 1.76. The van der Waals surface area contributed by atoms with Gasteiger partial charge in [-0.2, -0.15) is 0 Å². The number of Topliss-reactive ketones (excluding diaryl/α,β-unsaturated/α-hetero) is 1. The van der Waals surface area contributed by atoms with E-state index in [4.69, 9.17) is 4.74 Å². The predicted octanol–water partition coefficient (Wildman–Crippen LogP) is 5.70. The van der Waals surface area contributed by atoms with Crippen LogP contribution in [0.25, 0.3) is 5.76 Å². The lowest BCUT2D eigenvalue weighted by Gasteiger charge is -2.25. The van der Waals surface area contributed by atoms with Gasteiger partial charge in [0.25, 0.3) is 11.7 Å². The number of rotatable bonds is 9. The van der Waals surface area contributed by atoms with Gasteiger partial charge in [-0.25, -0.2) is 0 Å². The summed E-state index contributed by atoms with van der Waals surface area (Å²) in [7, 11) is 0. The first-order valence-corrected chi connectivity index (χ1v) is 12.2. The third kappa shape index (κ3) is 5.29. The number of hydrogen-bond acceptors (Lipinski definition) is 4. The first-order chi connectivity index (χ1) is 17.0. The van der Waals surface area contributed by atoms with E-state index in [2.05, 4.69) is 6.92 Å².